The van der Waals surface area contributed by atoms with Crippen LogP contribution in [-0.2, 0) is 0 Å². The monoisotopic (exact) mass is 293 g/mol. The Labute approximate surface area is 131 Å². The minimum atomic E-state index is 0.741. The van der Waals surface area contributed by atoms with E-state index in [0.717, 1.165) is 29.8 Å². The molecule has 0 aromatic heterocycles. The van der Waals surface area contributed by atoms with Crippen LogP contribution in [0.3, 0.4) is 0 Å². The van der Waals surface area contributed by atoms with Crippen molar-refractivity contribution in [2.75, 3.05) is 45.8 Å². The van der Waals surface area contributed by atoms with Gasteiger partial charge in [-0.3, -0.25) is 4.90 Å². The van der Waals surface area contributed by atoms with Gasteiger partial charge in [0, 0.05) is 57.9 Å². The third-order valence-corrected chi connectivity index (χ3v) is 6.25. The highest BCUT2D eigenvalue weighted by Gasteiger charge is 2.37. The average Bonchev–Trinajstić information content (AvgIpc) is 2.32. The first-order valence-corrected chi connectivity index (χ1v) is 9.23. The lowest BCUT2D eigenvalue weighted by molar-refractivity contribution is -0.00271. The lowest BCUT2D eigenvalue weighted by atomic mass is 9.73. The Balaban J connectivity index is 1.31. The number of piperazine rings is 1. The number of nitrogens with zero attached hydrogens (tertiary/aromatic N) is 3. The van der Waals surface area contributed by atoms with Gasteiger partial charge in [0.05, 0.1) is 0 Å². The summed E-state index contributed by atoms with van der Waals surface area (Å²) in [6.07, 6.45) is 2.92. The number of rotatable bonds is 5. The molecule has 2 aliphatic heterocycles. The molecule has 3 rings (SSSR count). The van der Waals surface area contributed by atoms with Crippen molar-refractivity contribution in [1.29, 1.82) is 0 Å². The molecule has 3 fully saturated rings. The Morgan fingerprint density at radius 1 is 0.905 bits per heavy atom. The summed E-state index contributed by atoms with van der Waals surface area (Å²) in [5, 5.41) is 0. The highest BCUT2D eigenvalue weighted by atomic mass is 15.3. The summed E-state index contributed by atoms with van der Waals surface area (Å²) in [6.45, 7) is 18.7. The second kappa shape index (κ2) is 6.55. The Kier molecular flexibility index (Phi) is 4.92. The van der Waals surface area contributed by atoms with Crippen LogP contribution in [0.1, 0.15) is 40.5 Å². The zero-order chi connectivity index (χ0) is 15.0. The highest BCUT2D eigenvalue weighted by Crippen LogP contribution is 2.37. The standard InChI is InChI=1S/C18H35N3/c1-14(2)17-9-18(10-17)20-7-5-19(6-8-20)11-16-12-21(13-16)15(3)4/h14-18H,5-13H2,1-4H3. The molecule has 0 bridgehead atoms. The van der Waals surface area contributed by atoms with Gasteiger partial charge >= 0.3 is 0 Å². The van der Waals surface area contributed by atoms with Gasteiger partial charge in [0.15, 0.2) is 0 Å². The van der Waals surface area contributed by atoms with Gasteiger partial charge in [0.1, 0.15) is 0 Å². The van der Waals surface area contributed by atoms with Crippen molar-refractivity contribution in [2.45, 2.75) is 52.6 Å². The third-order valence-electron chi connectivity index (χ3n) is 6.25. The Hall–Kier alpha value is -0.120. The summed E-state index contributed by atoms with van der Waals surface area (Å²) in [5.74, 6) is 2.84. The second-order valence-corrected chi connectivity index (χ2v) is 8.38. The molecule has 2 heterocycles. The van der Waals surface area contributed by atoms with Crippen LogP contribution in [0.25, 0.3) is 0 Å². The lowest BCUT2D eigenvalue weighted by Crippen LogP contribution is -2.58. The minimum Gasteiger partial charge on any atom is -0.300 e. The fourth-order valence-electron chi connectivity index (χ4n) is 4.30. The quantitative estimate of drug-likeness (QED) is 0.770. The van der Waals surface area contributed by atoms with Crippen LogP contribution in [0.2, 0.25) is 0 Å². The first-order chi connectivity index (χ1) is 10.0. The molecule has 0 atom stereocenters. The van der Waals surface area contributed by atoms with Crippen LogP contribution in [0, 0.1) is 17.8 Å². The fourth-order valence-corrected chi connectivity index (χ4v) is 4.30. The maximum atomic E-state index is 2.77. The largest absolute Gasteiger partial charge is 0.300 e. The normalized spacial score (nSPS) is 33.4. The van der Waals surface area contributed by atoms with Crippen molar-refractivity contribution in [3.05, 3.63) is 0 Å². The van der Waals surface area contributed by atoms with Crippen molar-refractivity contribution in [3.63, 3.8) is 0 Å². The summed E-state index contributed by atoms with van der Waals surface area (Å²) >= 11 is 0. The van der Waals surface area contributed by atoms with Crippen molar-refractivity contribution < 1.29 is 0 Å². The Morgan fingerprint density at radius 2 is 1.52 bits per heavy atom. The predicted molar refractivity (Wildman–Crippen MR) is 89.6 cm³/mol. The molecule has 1 saturated carbocycles. The first kappa shape index (κ1) is 15.8. The Morgan fingerprint density at radius 3 is 2.05 bits per heavy atom. The van der Waals surface area contributed by atoms with Crippen LogP contribution in [-0.4, -0.2) is 72.6 Å². The molecule has 0 radical (unpaired) electrons. The van der Waals surface area contributed by atoms with Crippen molar-refractivity contribution in [2.24, 2.45) is 17.8 Å². The van der Waals surface area contributed by atoms with E-state index in [-0.39, 0.29) is 0 Å². The number of likely N-dealkylation sites (tertiary alicyclic amines) is 1. The van der Waals surface area contributed by atoms with Crippen molar-refractivity contribution in [3.8, 4) is 0 Å². The summed E-state index contributed by atoms with van der Waals surface area (Å²) in [6, 6.07) is 1.66. The molecule has 0 spiro atoms. The van der Waals surface area contributed by atoms with Gasteiger partial charge in [0.25, 0.3) is 0 Å². The molecule has 3 aliphatic rings. The molecule has 0 aromatic carbocycles. The summed E-state index contributed by atoms with van der Waals surface area (Å²) in [7, 11) is 0. The van der Waals surface area contributed by atoms with Gasteiger partial charge in [-0.1, -0.05) is 13.8 Å². The average molecular weight is 293 g/mol. The van der Waals surface area contributed by atoms with Crippen LogP contribution in [0.5, 0.6) is 0 Å². The summed E-state index contributed by atoms with van der Waals surface area (Å²) < 4.78 is 0. The molecule has 3 heteroatoms. The molecular weight excluding hydrogens is 258 g/mol. The SMILES string of the molecule is CC(C)C1CC(N2CCN(CC3CN(C(C)C)C3)CC2)C1. The fraction of sp³-hybridized carbons (Fsp3) is 1.00. The summed E-state index contributed by atoms with van der Waals surface area (Å²) in [5.41, 5.74) is 0. The van der Waals surface area contributed by atoms with E-state index < -0.39 is 0 Å². The second-order valence-electron chi connectivity index (χ2n) is 8.38. The number of hydrogen-bond donors (Lipinski definition) is 0. The molecule has 0 amide bonds. The highest BCUT2D eigenvalue weighted by molar-refractivity contribution is 4.91. The van der Waals surface area contributed by atoms with Crippen LogP contribution >= 0.6 is 0 Å². The molecule has 2 saturated heterocycles. The molecule has 21 heavy (non-hydrogen) atoms. The molecule has 0 aromatic rings. The summed E-state index contributed by atoms with van der Waals surface area (Å²) in [4.78, 5) is 8.09. The molecule has 122 valence electrons. The van der Waals surface area contributed by atoms with E-state index in [9.17, 15) is 0 Å². The molecular formula is C18H35N3. The van der Waals surface area contributed by atoms with Gasteiger partial charge in [-0.15, -0.1) is 0 Å². The zero-order valence-electron chi connectivity index (χ0n) is 14.6. The van der Waals surface area contributed by atoms with Gasteiger partial charge < -0.3 is 9.80 Å². The predicted octanol–water partition coefficient (Wildman–Crippen LogP) is 2.38. The third kappa shape index (κ3) is 3.62. The Bertz CT molecular complexity index is 321. The van der Waals surface area contributed by atoms with E-state index in [0.29, 0.717) is 0 Å². The van der Waals surface area contributed by atoms with Gasteiger partial charge in [-0.2, -0.15) is 0 Å². The van der Waals surface area contributed by atoms with E-state index in [1.54, 1.807) is 0 Å². The topological polar surface area (TPSA) is 9.72 Å². The number of hydrogen-bond acceptors (Lipinski definition) is 3. The van der Waals surface area contributed by atoms with Crippen molar-refractivity contribution in [1.82, 2.24) is 14.7 Å². The van der Waals surface area contributed by atoms with E-state index >= 15 is 0 Å². The van der Waals surface area contributed by atoms with E-state index in [1.165, 1.54) is 58.7 Å². The minimum absolute atomic E-state index is 0.741. The maximum absolute atomic E-state index is 2.77. The smallest absolute Gasteiger partial charge is 0.0113 e. The molecule has 0 unspecified atom stereocenters. The lowest BCUT2D eigenvalue weighted by Gasteiger charge is -2.49. The van der Waals surface area contributed by atoms with Crippen LogP contribution in [0.15, 0.2) is 0 Å². The maximum Gasteiger partial charge on any atom is 0.0113 e. The first-order valence-electron chi connectivity index (χ1n) is 9.23. The van der Waals surface area contributed by atoms with Crippen LogP contribution in [0.4, 0.5) is 0 Å². The van der Waals surface area contributed by atoms with Gasteiger partial charge in [-0.25, -0.2) is 0 Å². The molecule has 3 nitrogen and oxygen atoms in total. The van der Waals surface area contributed by atoms with Crippen molar-refractivity contribution >= 4 is 0 Å². The molecule has 1 aliphatic carbocycles. The van der Waals surface area contributed by atoms with Gasteiger partial charge in [0.2, 0.25) is 0 Å². The van der Waals surface area contributed by atoms with E-state index in [1.807, 2.05) is 0 Å². The zero-order valence-corrected chi connectivity index (χ0v) is 14.6. The van der Waals surface area contributed by atoms with E-state index in [2.05, 4.69) is 42.4 Å². The molecule has 0 N–H and O–H groups in total. The van der Waals surface area contributed by atoms with E-state index in [4.69, 9.17) is 0 Å². The van der Waals surface area contributed by atoms with Crippen LogP contribution < -0.4 is 0 Å². The van der Waals surface area contributed by atoms with Gasteiger partial charge in [-0.05, 0) is 44.4 Å².